The Hall–Kier alpha value is -8.61. The molecule has 292 valence electrons. The molecule has 4 aromatic heterocycles. The third-order valence-electron chi connectivity index (χ3n) is 13.0. The number of hydrogen-bond acceptors (Lipinski definition) is 4. The zero-order chi connectivity index (χ0) is 41.2. The van der Waals surface area contributed by atoms with Crippen LogP contribution >= 0.6 is 0 Å². The van der Waals surface area contributed by atoms with Crippen LogP contribution in [0.15, 0.2) is 205 Å². The molecule has 0 spiro atoms. The van der Waals surface area contributed by atoms with Gasteiger partial charge in [-0.15, -0.1) is 0 Å². The zero-order valence-corrected chi connectivity index (χ0v) is 33.7. The molecule has 6 nitrogen and oxygen atoms in total. The van der Waals surface area contributed by atoms with E-state index in [0.717, 1.165) is 77.0 Å². The van der Waals surface area contributed by atoms with Crippen molar-refractivity contribution in [3.8, 4) is 34.4 Å². The van der Waals surface area contributed by atoms with Crippen LogP contribution in [0.1, 0.15) is 0 Å². The summed E-state index contributed by atoms with van der Waals surface area (Å²) in [5.74, 6) is 1.64. The molecule has 0 aliphatic rings. The first-order valence-electron chi connectivity index (χ1n) is 21.3. The van der Waals surface area contributed by atoms with Gasteiger partial charge in [-0.3, -0.25) is 4.57 Å². The van der Waals surface area contributed by atoms with Crippen molar-refractivity contribution in [2.45, 2.75) is 0 Å². The van der Waals surface area contributed by atoms with E-state index in [4.69, 9.17) is 19.4 Å². The molecular weight excluding hydrogens is 771 g/mol. The lowest BCUT2D eigenvalue weighted by atomic mass is 9.93. The number of aromatic nitrogens is 5. The quantitative estimate of drug-likeness (QED) is 0.166. The highest BCUT2D eigenvalue weighted by molar-refractivity contribution is 6.29. The summed E-state index contributed by atoms with van der Waals surface area (Å²) >= 11 is 0. The Morgan fingerprint density at radius 2 is 0.841 bits per heavy atom. The predicted molar refractivity (Wildman–Crippen MR) is 259 cm³/mol. The van der Waals surface area contributed by atoms with Crippen molar-refractivity contribution in [1.29, 1.82) is 0 Å². The predicted octanol–water partition coefficient (Wildman–Crippen LogP) is 14.8. The molecule has 14 aromatic rings. The number of fused-ring (bicyclic) bond motifs is 16. The number of benzene rings is 10. The minimum Gasteiger partial charge on any atom is -0.455 e. The Morgan fingerprint density at radius 1 is 0.333 bits per heavy atom. The number of hydrogen-bond donors (Lipinski definition) is 0. The van der Waals surface area contributed by atoms with Crippen molar-refractivity contribution in [2.75, 3.05) is 0 Å². The molecule has 0 amide bonds. The maximum Gasteiger partial charge on any atom is 0.238 e. The van der Waals surface area contributed by atoms with Crippen LogP contribution < -0.4 is 0 Å². The van der Waals surface area contributed by atoms with Crippen molar-refractivity contribution in [2.24, 2.45) is 0 Å². The summed E-state index contributed by atoms with van der Waals surface area (Å²) in [5, 5.41) is 14.0. The van der Waals surface area contributed by atoms with Gasteiger partial charge in [-0.25, -0.2) is 4.98 Å². The number of nitrogens with zero attached hydrogens (tertiary/aromatic N) is 5. The van der Waals surface area contributed by atoms with Crippen LogP contribution in [0.5, 0.6) is 0 Å². The lowest BCUT2D eigenvalue weighted by molar-refractivity contribution is 0.669. The summed E-state index contributed by atoms with van der Waals surface area (Å²) in [6.07, 6.45) is 0. The molecule has 6 heteroatoms. The second-order valence-corrected chi connectivity index (χ2v) is 16.3. The van der Waals surface area contributed by atoms with Crippen LogP contribution in [-0.4, -0.2) is 24.1 Å². The SMILES string of the molecule is c1ccc(-c2nc(-c3cccc4c3oc3ccccc34)nc(-n3c4ccccc4c4ccc5c6ccccc6n(-c6cccc7c8ccccc8c8ccccc8c67)c5c43)n2)cc1. The van der Waals surface area contributed by atoms with E-state index in [9.17, 15) is 0 Å². The number of para-hydroxylation sites is 4. The van der Waals surface area contributed by atoms with Crippen LogP contribution in [0.4, 0.5) is 0 Å². The minimum absolute atomic E-state index is 0.525. The number of rotatable bonds is 4. The Labute approximate surface area is 359 Å². The van der Waals surface area contributed by atoms with Gasteiger partial charge in [0, 0.05) is 43.3 Å². The van der Waals surface area contributed by atoms with Crippen LogP contribution in [-0.2, 0) is 0 Å². The van der Waals surface area contributed by atoms with Gasteiger partial charge in [0.15, 0.2) is 11.6 Å². The van der Waals surface area contributed by atoms with Crippen molar-refractivity contribution < 1.29 is 4.42 Å². The van der Waals surface area contributed by atoms with Crippen LogP contribution in [0, 0.1) is 0 Å². The Balaban J connectivity index is 1.16. The van der Waals surface area contributed by atoms with Gasteiger partial charge in [-0.05, 0) is 57.3 Å². The van der Waals surface area contributed by atoms with Gasteiger partial charge in [-0.2, -0.15) is 9.97 Å². The first kappa shape index (κ1) is 34.1. The molecular formula is C57H33N5O. The van der Waals surface area contributed by atoms with E-state index in [1.165, 1.54) is 37.7 Å². The smallest absolute Gasteiger partial charge is 0.238 e. The normalized spacial score (nSPS) is 12.1. The monoisotopic (exact) mass is 803 g/mol. The van der Waals surface area contributed by atoms with Gasteiger partial charge in [0.1, 0.15) is 11.2 Å². The molecule has 63 heavy (non-hydrogen) atoms. The van der Waals surface area contributed by atoms with Gasteiger partial charge in [0.2, 0.25) is 5.95 Å². The van der Waals surface area contributed by atoms with Crippen molar-refractivity contribution in [1.82, 2.24) is 24.1 Å². The fourth-order valence-electron chi connectivity index (χ4n) is 10.3. The second-order valence-electron chi connectivity index (χ2n) is 16.3. The van der Waals surface area contributed by atoms with E-state index < -0.39 is 0 Å². The molecule has 10 aromatic carbocycles. The number of furan rings is 1. The fourth-order valence-corrected chi connectivity index (χ4v) is 10.3. The minimum atomic E-state index is 0.525. The third kappa shape index (κ3) is 4.80. The molecule has 0 saturated heterocycles. The molecule has 4 heterocycles. The average molecular weight is 804 g/mol. The van der Waals surface area contributed by atoms with Crippen LogP contribution in [0.25, 0.3) is 132 Å². The maximum atomic E-state index is 6.59. The highest BCUT2D eigenvalue weighted by atomic mass is 16.3. The van der Waals surface area contributed by atoms with E-state index in [1.54, 1.807) is 0 Å². The summed E-state index contributed by atoms with van der Waals surface area (Å²) in [4.78, 5) is 16.0. The standard InChI is InChI=1S/C57H33N5O/c1-2-16-34(17-3-1)55-58-56(46-27-14-26-45-40-23-10-13-31-50(40)63-54(45)46)60-57(59-55)62-48-29-12-9-22-39(48)44-33-32-43-38-21-8-11-28-47(38)61(52(43)53(44)62)49-30-15-25-42-37-19-5-4-18-35(37)36-20-6-7-24-41(36)51(42)49/h1-33H. The first-order chi connectivity index (χ1) is 31.3. The maximum absolute atomic E-state index is 6.59. The summed E-state index contributed by atoms with van der Waals surface area (Å²) in [6.45, 7) is 0. The fraction of sp³-hybridized carbons (Fsp3) is 0. The molecule has 0 fully saturated rings. The van der Waals surface area contributed by atoms with Gasteiger partial charge in [0.05, 0.1) is 33.3 Å². The zero-order valence-electron chi connectivity index (χ0n) is 33.7. The van der Waals surface area contributed by atoms with E-state index in [0.29, 0.717) is 17.6 Å². The van der Waals surface area contributed by atoms with E-state index in [1.807, 2.05) is 36.4 Å². The molecule has 0 radical (unpaired) electrons. The highest BCUT2D eigenvalue weighted by Gasteiger charge is 2.25. The van der Waals surface area contributed by atoms with Crippen molar-refractivity contribution in [3.05, 3.63) is 200 Å². The molecule has 0 atom stereocenters. The molecule has 0 unspecified atom stereocenters. The Bertz CT molecular complexity index is 4170. The third-order valence-corrected chi connectivity index (χ3v) is 13.0. The Kier molecular flexibility index (Phi) is 7.02. The van der Waals surface area contributed by atoms with Crippen LogP contribution in [0.2, 0.25) is 0 Å². The molecule has 0 saturated carbocycles. The molecule has 0 aliphatic heterocycles. The van der Waals surface area contributed by atoms with Gasteiger partial charge in [0.25, 0.3) is 0 Å². The van der Waals surface area contributed by atoms with Crippen molar-refractivity contribution >= 4 is 97.9 Å². The topological polar surface area (TPSA) is 61.7 Å². The van der Waals surface area contributed by atoms with E-state index >= 15 is 0 Å². The largest absolute Gasteiger partial charge is 0.455 e. The highest BCUT2D eigenvalue weighted by Crippen LogP contribution is 2.45. The van der Waals surface area contributed by atoms with Crippen molar-refractivity contribution in [3.63, 3.8) is 0 Å². The summed E-state index contributed by atoms with van der Waals surface area (Å²) in [6, 6.07) is 70.9. The second kappa shape index (κ2) is 12.9. The van der Waals surface area contributed by atoms with E-state index in [2.05, 4.69) is 173 Å². The molecule has 0 aliphatic carbocycles. The lowest BCUT2D eigenvalue weighted by Gasteiger charge is -2.17. The lowest BCUT2D eigenvalue weighted by Crippen LogP contribution is -2.07. The van der Waals surface area contributed by atoms with E-state index in [-0.39, 0.29) is 0 Å². The Morgan fingerprint density at radius 3 is 1.56 bits per heavy atom. The molecule has 0 N–H and O–H groups in total. The van der Waals surface area contributed by atoms with Gasteiger partial charge < -0.3 is 8.98 Å². The first-order valence-corrected chi connectivity index (χ1v) is 21.3. The average Bonchev–Trinajstić information content (AvgIpc) is 4.02. The summed E-state index contributed by atoms with van der Waals surface area (Å²) in [5.41, 5.74) is 8.61. The summed E-state index contributed by atoms with van der Waals surface area (Å²) < 4.78 is 11.3. The summed E-state index contributed by atoms with van der Waals surface area (Å²) in [7, 11) is 0. The molecule has 14 rings (SSSR count). The van der Waals surface area contributed by atoms with Gasteiger partial charge >= 0.3 is 0 Å². The molecule has 0 bridgehead atoms. The van der Waals surface area contributed by atoms with Gasteiger partial charge in [-0.1, -0.05) is 170 Å². The van der Waals surface area contributed by atoms with Crippen LogP contribution in [0.3, 0.4) is 0 Å².